The summed E-state index contributed by atoms with van der Waals surface area (Å²) >= 11 is 0. The first-order valence-corrected chi connectivity index (χ1v) is 7.04. The Morgan fingerprint density at radius 1 is 0.455 bits per heavy atom. The SMILES string of the molecule is Nc1c(N)c(N)c2cc3cc4ccccc4cc3cc2c1N. The van der Waals surface area contributed by atoms with E-state index in [-0.39, 0.29) is 0 Å². The molecule has 4 aromatic carbocycles. The molecule has 0 aliphatic carbocycles. The lowest BCUT2D eigenvalue weighted by Crippen LogP contribution is -2.05. The van der Waals surface area contributed by atoms with Gasteiger partial charge in [0, 0.05) is 10.8 Å². The van der Waals surface area contributed by atoms with E-state index in [9.17, 15) is 0 Å². The number of benzene rings is 4. The highest BCUT2D eigenvalue weighted by Gasteiger charge is 2.13. The Hall–Kier alpha value is -3.14. The summed E-state index contributed by atoms with van der Waals surface area (Å²) in [6, 6.07) is 16.6. The number of hydrogen-bond acceptors (Lipinski definition) is 4. The third kappa shape index (κ3) is 1.58. The van der Waals surface area contributed by atoms with Gasteiger partial charge in [-0.2, -0.15) is 0 Å². The van der Waals surface area contributed by atoms with Crippen molar-refractivity contribution in [2.45, 2.75) is 0 Å². The van der Waals surface area contributed by atoms with Crippen molar-refractivity contribution < 1.29 is 0 Å². The monoisotopic (exact) mass is 288 g/mol. The van der Waals surface area contributed by atoms with Crippen LogP contribution in [0.25, 0.3) is 32.3 Å². The lowest BCUT2D eigenvalue weighted by molar-refractivity contribution is 1.69. The Labute approximate surface area is 127 Å². The van der Waals surface area contributed by atoms with Crippen molar-refractivity contribution in [3.05, 3.63) is 48.5 Å². The summed E-state index contributed by atoms with van der Waals surface area (Å²) in [6.45, 7) is 0. The highest BCUT2D eigenvalue weighted by molar-refractivity contribution is 6.16. The Kier molecular flexibility index (Phi) is 2.39. The second kappa shape index (κ2) is 4.18. The van der Waals surface area contributed by atoms with Crippen LogP contribution in [0.3, 0.4) is 0 Å². The van der Waals surface area contributed by atoms with Crippen LogP contribution in [0.15, 0.2) is 48.5 Å². The fraction of sp³-hybridized carbons (Fsp3) is 0. The van der Waals surface area contributed by atoms with Crippen LogP contribution in [-0.4, -0.2) is 0 Å². The smallest absolute Gasteiger partial charge is 0.0809 e. The van der Waals surface area contributed by atoms with E-state index in [0.29, 0.717) is 22.7 Å². The van der Waals surface area contributed by atoms with E-state index in [1.54, 1.807) is 0 Å². The molecule has 0 spiro atoms. The van der Waals surface area contributed by atoms with Gasteiger partial charge >= 0.3 is 0 Å². The van der Waals surface area contributed by atoms with Crippen molar-refractivity contribution in [2.75, 3.05) is 22.9 Å². The molecule has 0 aliphatic rings. The molecule has 0 atom stereocenters. The second-order valence-electron chi connectivity index (χ2n) is 5.60. The Balaban J connectivity index is 2.21. The molecule has 0 aromatic heterocycles. The third-order valence-electron chi connectivity index (χ3n) is 4.29. The van der Waals surface area contributed by atoms with E-state index in [1.165, 1.54) is 10.8 Å². The average Bonchev–Trinajstić information content (AvgIpc) is 2.55. The highest BCUT2D eigenvalue weighted by atomic mass is 14.8. The van der Waals surface area contributed by atoms with Crippen LogP contribution in [0.5, 0.6) is 0 Å². The third-order valence-corrected chi connectivity index (χ3v) is 4.29. The van der Waals surface area contributed by atoms with Crippen LogP contribution < -0.4 is 22.9 Å². The number of hydrogen-bond donors (Lipinski definition) is 4. The standard InChI is InChI=1S/C18H16N4/c19-15-13-7-11-5-9-3-1-2-4-10(9)6-12(11)8-14(13)16(20)18(22)17(15)21/h1-8H,19-22H2. The number of nitrogen functional groups attached to an aromatic ring is 4. The van der Waals surface area contributed by atoms with E-state index in [1.807, 2.05) is 24.3 Å². The van der Waals surface area contributed by atoms with Gasteiger partial charge < -0.3 is 22.9 Å². The molecule has 0 unspecified atom stereocenters. The minimum absolute atomic E-state index is 0.352. The zero-order chi connectivity index (χ0) is 15.4. The Bertz CT molecular complexity index is 982. The molecule has 4 heteroatoms. The normalized spacial score (nSPS) is 11.5. The number of rotatable bonds is 0. The van der Waals surface area contributed by atoms with Gasteiger partial charge in [-0.25, -0.2) is 0 Å². The molecule has 22 heavy (non-hydrogen) atoms. The molecule has 0 aliphatic heterocycles. The Morgan fingerprint density at radius 2 is 0.864 bits per heavy atom. The van der Waals surface area contributed by atoms with Gasteiger partial charge in [0.15, 0.2) is 0 Å². The lowest BCUT2D eigenvalue weighted by atomic mass is 9.97. The summed E-state index contributed by atoms with van der Waals surface area (Å²) in [5, 5.41) is 6.25. The summed E-state index contributed by atoms with van der Waals surface area (Å²) in [6.07, 6.45) is 0. The maximum absolute atomic E-state index is 6.13. The molecule has 4 rings (SSSR count). The molecule has 108 valence electrons. The minimum atomic E-state index is 0.352. The van der Waals surface area contributed by atoms with Crippen LogP contribution in [0.4, 0.5) is 22.7 Å². The summed E-state index contributed by atoms with van der Waals surface area (Å²) in [5.41, 5.74) is 25.8. The van der Waals surface area contributed by atoms with Crippen molar-refractivity contribution in [3.8, 4) is 0 Å². The zero-order valence-corrected chi connectivity index (χ0v) is 11.9. The van der Waals surface area contributed by atoms with Gasteiger partial charge in [0.2, 0.25) is 0 Å². The maximum atomic E-state index is 6.13. The number of anilines is 4. The molecule has 0 saturated carbocycles. The first-order chi connectivity index (χ1) is 10.6. The molecule has 0 saturated heterocycles. The van der Waals surface area contributed by atoms with E-state index >= 15 is 0 Å². The molecule has 0 fully saturated rings. The first-order valence-electron chi connectivity index (χ1n) is 7.04. The van der Waals surface area contributed by atoms with E-state index in [0.717, 1.165) is 21.5 Å². The van der Waals surface area contributed by atoms with Gasteiger partial charge in [0.25, 0.3) is 0 Å². The molecule has 4 aromatic rings. The Morgan fingerprint density at radius 3 is 1.27 bits per heavy atom. The highest BCUT2D eigenvalue weighted by Crippen LogP contribution is 2.40. The fourth-order valence-corrected chi connectivity index (χ4v) is 3.02. The van der Waals surface area contributed by atoms with Crippen molar-refractivity contribution in [3.63, 3.8) is 0 Å². The second-order valence-corrected chi connectivity index (χ2v) is 5.60. The molecule has 0 bridgehead atoms. The minimum Gasteiger partial charge on any atom is -0.396 e. The predicted molar refractivity (Wildman–Crippen MR) is 96.6 cm³/mol. The van der Waals surface area contributed by atoms with E-state index < -0.39 is 0 Å². The predicted octanol–water partition coefficient (Wildman–Crippen LogP) is 3.48. The molecular formula is C18H16N4. The van der Waals surface area contributed by atoms with Crippen molar-refractivity contribution >= 4 is 55.1 Å². The number of nitrogens with two attached hydrogens (primary N) is 4. The van der Waals surface area contributed by atoms with Crippen molar-refractivity contribution in [1.29, 1.82) is 0 Å². The van der Waals surface area contributed by atoms with Crippen LogP contribution in [0.1, 0.15) is 0 Å². The summed E-state index contributed by atoms with van der Waals surface area (Å²) in [7, 11) is 0. The quantitative estimate of drug-likeness (QED) is 0.294. The van der Waals surface area contributed by atoms with E-state index in [2.05, 4.69) is 24.3 Å². The van der Waals surface area contributed by atoms with Gasteiger partial charge in [0.1, 0.15) is 0 Å². The van der Waals surface area contributed by atoms with Crippen LogP contribution >= 0.6 is 0 Å². The van der Waals surface area contributed by atoms with Crippen molar-refractivity contribution in [1.82, 2.24) is 0 Å². The lowest BCUT2D eigenvalue weighted by Gasteiger charge is -2.14. The summed E-state index contributed by atoms with van der Waals surface area (Å²) in [4.78, 5) is 0. The van der Waals surface area contributed by atoms with Gasteiger partial charge in [-0.15, -0.1) is 0 Å². The van der Waals surface area contributed by atoms with Gasteiger partial charge in [0.05, 0.1) is 22.7 Å². The fourth-order valence-electron chi connectivity index (χ4n) is 3.02. The molecular weight excluding hydrogens is 272 g/mol. The molecule has 0 radical (unpaired) electrons. The van der Waals surface area contributed by atoms with Gasteiger partial charge in [-0.1, -0.05) is 24.3 Å². The number of fused-ring (bicyclic) bond motifs is 3. The average molecular weight is 288 g/mol. The van der Waals surface area contributed by atoms with Gasteiger partial charge in [-0.05, 0) is 45.8 Å². The first kappa shape index (κ1) is 12.6. The maximum Gasteiger partial charge on any atom is 0.0809 e. The largest absolute Gasteiger partial charge is 0.396 e. The molecule has 8 N–H and O–H groups in total. The van der Waals surface area contributed by atoms with Gasteiger partial charge in [-0.3, -0.25) is 0 Å². The topological polar surface area (TPSA) is 104 Å². The van der Waals surface area contributed by atoms with Crippen LogP contribution in [0.2, 0.25) is 0 Å². The summed E-state index contributed by atoms with van der Waals surface area (Å²) < 4.78 is 0. The van der Waals surface area contributed by atoms with E-state index in [4.69, 9.17) is 22.9 Å². The zero-order valence-electron chi connectivity index (χ0n) is 11.9. The van der Waals surface area contributed by atoms with Crippen LogP contribution in [-0.2, 0) is 0 Å². The van der Waals surface area contributed by atoms with Crippen LogP contribution in [0, 0.1) is 0 Å². The summed E-state index contributed by atoms with van der Waals surface area (Å²) in [5.74, 6) is 0. The molecule has 0 heterocycles. The molecule has 4 nitrogen and oxygen atoms in total. The molecule has 0 amide bonds. The van der Waals surface area contributed by atoms with Crippen molar-refractivity contribution in [2.24, 2.45) is 0 Å².